The van der Waals surface area contributed by atoms with Crippen LogP contribution in [0.3, 0.4) is 0 Å². The summed E-state index contributed by atoms with van der Waals surface area (Å²) in [5.41, 5.74) is 1.03. The molecule has 0 spiro atoms. The molecule has 0 fully saturated rings. The van der Waals surface area contributed by atoms with Gasteiger partial charge in [-0.1, -0.05) is 6.07 Å². The van der Waals surface area contributed by atoms with E-state index >= 15 is 0 Å². The smallest absolute Gasteiger partial charge is 0.420 e. The monoisotopic (exact) mass is 594 g/mol. The number of rotatable bonds is 6. The molecule has 0 aliphatic carbocycles. The largest absolute Gasteiger partial charge is 0.492 e. The van der Waals surface area contributed by atoms with E-state index in [2.05, 4.69) is 22.6 Å². The second kappa shape index (κ2) is 8.94. The van der Waals surface area contributed by atoms with Crippen LogP contribution in [0.15, 0.2) is 24.3 Å². The Bertz CT molecular complexity index is 768. The molecule has 0 bridgehead atoms. The number of benzene rings is 2. The van der Waals surface area contributed by atoms with Gasteiger partial charge >= 0.3 is 6.18 Å². The first-order chi connectivity index (χ1) is 12.1. The van der Waals surface area contributed by atoms with Crippen LogP contribution in [0.2, 0.25) is 0 Å². The Morgan fingerprint density at radius 2 is 1.46 bits per heavy atom. The highest BCUT2D eigenvalue weighted by atomic mass is 127. The molecule has 26 heavy (non-hydrogen) atoms. The molecule has 142 valence electrons. The van der Waals surface area contributed by atoms with Crippen molar-refractivity contribution in [2.75, 3.05) is 13.2 Å². The van der Waals surface area contributed by atoms with Crippen molar-refractivity contribution in [2.24, 2.45) is 0 Å². The minimum atomic E-state index is -4.68. The van der Waals surface area contributed by atoms with E-state index in [0.29, 0.717) is 19.1 Å². The van der Waals surface area contributed by atoms with E-state index in [1.807, 2.05) is 26.0 Å². The van der Waals surface area contributed by atoms with Gasteiger partial charge < -0.3 is 9.47 Å². The first kappa shape index (κ1) is 21.5. The number of ether oxygens (including phenoxy) is 2. The van der Waals surface area contributed by atoms with Crippen LogP contribution in [-0.4, -0.2) is 13.2 Å². The highest BCUT2D eigenvalue weighted by Crippen LogP contribution is 2.39. The third kappa shape index (κ3) is 5.61. The van der Waals surface area contributed by atoms with Crippen LogP contribution in [0.25, 0.3) is 0 Å². The second-order valence-corrected chi connectivity index (χ2v) is 8.03. The predicted molar refractivity (Wildman–Crippen MR) is 108 cm³/mol. The fourth-order valence-corrected chi connectivity index (χ4v) is 4.23. The summed E-state index contributed by atoms with van der Waals surface area (Å²) in [6, 6.07) is 5.46. The van der Waals surface area contributed by atoms with Crippen LogP contribution < -0.4 is 9.47 Å². The lowest BCUT2D eigenvalue weighted by Crippen LogP contribution is -2.13. The van der Waals surface area contributed by atoms with Gasteiger partial charge in [0.2, 0.25) is 0 Å². The molecule has 8 heteroatoms. The molecule has 0 aliphatic heterocycles. The maximum Gasteiger partial charge on any atom is 0.420 e. The van der Waals surface area contributed by atoms with Crippen LogP contribution in [0.1, 0.15) is 23.1 Å². The number of halogens is 6. The standard InChI is InChI=1S/C18H16F4I2O2/c1-10-6-11(2)16(14(23)7-10)25-4-3-5-26-17-13(18(20,21)22)8-12(19)9-15(17)24/h6-9H,3-5H2,1-2H3. The minimum absolute atomic E-state index is 0.0339. The van der Waals surface area contributed by atoms with Crippen LogP contribution in [-0.2, 0) is 6.18 Å². The van der Waals surface area contributed by atoms with E-state index in [4.69, 9.17) is 9.47 Å². The van der Waals surface area contributed by atoms with Crippen molar-refractivity contribution in [3.8, 4) is 11.5 Å². The number of alkyl halides is 3. The van der Waals surface area contributed by atoms with E-state index < -0.39 is 17.6 Å². The SMILES string of the molecule is Cc1cc(C)c(OCCCOc2c(I)cc(F)cc2C(F)(F)F)c(I)c1. The summed E-state index contributed by atoms with van der Waals surface area (Å²) in [5, 5.41) is 0. The summed E-state index contributed by atoms with van der Waals surface area (Å²) in [5.74, 6) is -0.522. The molecule has 0 unspecified atom stereocenters. The van der Waals surface area contributed by atoms with Crippen molar-refractivity contribution < 1.29 is 27.0 Å². The molecule has 0 aromatic heterocycles. The average molecular weight is 594 g/mol. The van der Waals surface area contributed by atoms with Gasteiger partial charge in [-0.2, -0.15) is 13.2 Å². The minimum Gasteiger partial charge on any atom is -0.492 e. The lowest BCUT2D eigenvalue weighted by molar-refractivity contribution is -0.139. The van der Waals surface area contributed by atoms with E-state index in [0.717, 1.165) is 26.5 Å². The third-order valence-electron chi connectivity index (χ3n) is 3.47. The molecule has 0 saturated carbocycles. The summed E-state index contributed by atoms with van der Waals surface area (Å²) < 4.78 is 64.5. The molecule has 2 aromatic rings. The Labute approximate surface area is 176 Å². The lowest BCUT2D eigenvalue weighted by Gasteiger charge is -2.16. The van der Waals surface area contributed by atoms with Crippen LogP contribution in [0.5, 0.6) is 11.5 Å². The fraction of sp³-hybridized carbons (Fsp3) is 0.333. The Balaban J connectivity index is 1.97. The van der Waals surface area contributed by atoms with Crippen molar-refractivity contribution in [3.63, 3.8) is 0 Å². The average Bonchev–Trinajstić information content (AvgIpc) is 2.49. The predicted octanol–water partition coefficient (Wildman–Crippen LogP) is 6.52. The summed E-state index contributed by atoms with van der Waals surface area (Å²) >= 11 is 3.82. The summed E-state index contributed by atoms with van der Waals surface area (Å²) in [4.78, 5) is 0. The topological polar surface area (TPSA) is 18.5 Å². The highest BCUT2D eigenvalue weighted by Gasteiger charge is 2.36. The van der Waals surface area contributed by atoms with Gasteiger partial charge in [0.1, 0.15) is 22.9 Å². The van der Waals surface area contributed by atoms with Gasteiger partial charge in [-0.05, 0) is 88.4 Å². The van der Waals surface area contributed by atoms with Crippen LogP contribution in [0.4, 0.5) is 17.6 Å². The van der Waals surface area contributed by atoms with Gasteiger partial charge in [0.25, 0.3) is 0 Å². The Morgan fingerprint density at radius 3 is 2.04 bits per heavy atom. The zero-order valence-corrected chi connectivity index (χ0v) is 18.3. The van der Waals surface area contributed by atoms with Crippen molar-refractivity contribution >= 4 is 45.2 Å². The Hall–Kier alpha value is -0.780. The molecule has 2 aromatic carbocycles. The zero-order chi connectivity index (χ0) is 19.5. The molecule has 0 N–H and O–H groups in total. The van der Waals surface area contributed by atoms with Gasteiger partial charge in [-0.15, -0.1) is 0 Å². The first-order valence-corrected chi connectivity index (χ1v) is 9.84. The molecular formula is C18H16F4I2O2. The van der Waals surface area contributed by atoms with Gasteiger partial charge in [-0.25, -0.2) is 4.39 Å². The van der Waals surface area contributed by atoms with Gasteiger partial charge in [0, 0.05) is 6.42 Å². The summed E-state index contributed by atoms with van der Waals surface area (Å²) in [6.07, 6.45) is -4.28. The van der Waals surface area contributed by atoms with E-state index in [-0.39, 0.29) is 15.9 Å². The van der Waals surface area contributed by atoms with Crippen molar-refractivity contribution in [1.82, 2.24) is 0 Å². The molecule has 0 amide bonds. The van der Waals surface area contributed by atoms with E-state index in [1.165, 1.54) is 0 Å². The summed E-state index contributed by atoms with van der Waals surface area (Å²) in [7, 11) is 0. The van der Waals surface area contributed by atoms with Crippen molar-refractivity contribution in [2.45, 2.75) is 26.4 Å². The van der Waals surface area contributed by atoms with Gasteiger partial charge in [0.15, 0.2) is 0 Å². The zero-order valence-electron chi connectivity index (χ0n) is 14.0. The highest BCUT2D eigenvalue weighted by molar-refractivity contribution is 14.1. The molecule has 0 saturated heterocycles. The normalized spacial score (nSPS) is 11.5. The molecule has 2 rings (SSSR count). The van der Waals surface area contributed by atoms with Gasteiger partial charge in [-0.3, -0.25) is 0 Å². The lowest BCUT2D eigenvalue weighted by atomic mass is 10.1. The number of aryl methyl sites for hydroxylation is 2. The van der Waals surface area contributed by atoms with Crippen molar-refractivity contribution in [3.05, 3.63) is 53.9 Å². The molecule has 2 nitrogen and oxygen atoms in total. The second-order valence-electron chi connectivity index (χ2n) is 5.71. The molecular weight excluding hydrogens is 578 g/mol. The van der Waals surface area contributed by atoms with Gasteiger partial charge in [0.05, 0.1) is 20.4 Å². The summed E-state index contributed by atoms with van der Waals surface area (Å²) in [6.45, 7) is 4.28. The van der Waals surface area contributed by atoms with Crippen molar-refractivity contribution in [1.29, 1.82) is 0 Å². The molecule has 0 atom stereocenters. The quantitative estimate of drug-likeness (QED) is 0.216. The van der Waals surface area contributed by atoms with Crippen LogP contribution in [0, 0.1) is 26.8 Å². The molecule has 0 heterocycles. The maximum atomic E-state index is 13.3. The maximum absolute atomic E-state index is 13.3. The molecule has 0 aliphatic rings. The third-order valence-corrected chi connectivity index (χ3v) is 5.07. The van der Waals surface area contributed by atoms with E-state index in [9.17, 15) is 17.6 Å². The van der Waals surface area contributed by atoms with Crippen LogP contribution >= 0.6 is 45.2 Å². The number of hydrogen-bond donors (Lipinski definition) is 0. The molecule has 0 radical (unpaired) electrons. The fourth-order valence-electron chi connectivity index (χ4n) is 2.41. The van der Waals surface area contributed by atoms with E-state index in [1.54, 1.807) is 22.6 Å². The Morgan fingerprint density at radius 1 is 0.885 bits per heavy atom. The first-order valence-electron chi connectivity index (χ1n) is 7.68. The number of hydrogen-bond acceptors (Lipinski definition) is 2. The Kier molecular flexibility index (Phi) is 7.40.